The van der Waals surface area contributed by atoms with Crippen LogP contribution in [-0.4, -0.2) is 30.9 Å². The maximum Gasteiger partial charge on any atom is 0.190 e. The van der Waals surface area contributed by atoms with Gasteiger partial charge in [0, 0.05) is 34.6 Å². The van der Waals surface area contributed by atoms with Gasteiger partial charge >= 0.3 is 0 Å². The standard InChI is InChI=1S/C28H27N3O3S/c1-32-21-10-8-20(9-11-21)30-28-31(15-14-19-17-29-25-7-5-4-6-23(19)25)26(18-35-28)24-16-22(33-2)12-13-27(24)34-3/h4-13,16-18,29H,14-15H2,1-3H3. The van der Waals surface area contributed by atoms with E-state index in [-0.39, 0.29) is 0 Å². The SMILES string of the molecule is COc1ccc(N=c2scc(-c3cc(OC)ccc3OC)n2CCc2c[nH]c3ccccc23)cc1. The summed E-state index contributed by atoms with van der Waals surface area (Å²) in [6, 6.07) is 22.0. The van der Waals surface area contributed by atoms with E-state index in [4.69, 9.17) is 19.2 Å². The lowest BCUT2D eigenvalue weighted by Crippen LogP contribution is -2.17. The maximum atomic E-state index is 5.70. The summed E-state index contributed by atoms with van der Waals surface area (Å²) in [7, 11) is 5.03. The van der Waals surface area contributed by atoms with E-state index in [1.807, 2.05) is 42.5 Å². The van der Waals surface area contributed by atoms with Crippen LogP contribution in [0.25, 0.3) is 22.2 Å². The molecule has 0 aliphatic rings. The molecule has 0 unspecified atom stereocenters. The van der Waals surface area contributed by atoms with E-state index >= 15 is 0 Å². The van der Waals surface area contributed by atoms with Crippen molar-refractivity contribution in [2.45, 2.75) is 13.0 Å². The van der Waals surface area contributed by atoms with E-state index < -0.39 is 0 Å². The lowest BCUT2D eigenvalue weighted by atomic mass is 10.1. The summed E-state index contributed by atoms with van der Waals surface area (Å²) in [6.07, 6.45) is 2.96. The fourth-order valence-corrected chi connectivity index (χ4v) is 5.15. The van der Waals surface area contributed by atoms with Crippen molar-refractivity contribution in [1.29, 1.82) is 0 Å². The van der Waals surface area contributed by atoms with Crippen LogP contribution in [0.15, 0.2) is 83.3 Å². The average Bonchev–Trinajstić information content (AvgIpc) is 3.51. The highest BCUT2D eigenvalue weighted by molar-refractivity contribution is 7.07. The highest BCUT2D eigenvalue weighted by Crippen LogP contribution is 2.34. The van der Waals surface area contributed by atoms with Crippen molar-refractivity contribution in [3.05, 3.63) is 88.7 Å². The monoisotopic (exact) mass is 485 g/mol. The molecule has 0 aliphatic carbocycles. The van der Waals surface area contributed by atoms with E-state index in [0.717, 1.165) is 57.5 Å². The Morgan fingerprint density at radius 3 is 2.43 bits per heavy atom. The minimum Gasteiger partial charge on any atom is -0.497 e. The van der Waals surface area contributed by atoms with Crippen molar-refractivity contribution in [3.63, 3.8) is 0 Å². The number of fused-ring (bicyclic) bond motifs is 1. The molecular weight excluding hydrogens is 458 g/mol. The predicted molar refractivity (Wildman–Crippen MR) is 141 cm³/mol. The van der Waals surface area contributed by atoms with Crippen molar-refractivity contribution in [1.82, 2.24) is 9.55 Å². The van der Waals surface area contributed by atoms with Gasteiger partial charge in [-0.3, -0.25) is 0 Å². The fraction of sp³-hybridized carbons (Fsp3) is 0.179. The lowest BCUT2D eigenvalue weighted by molar-refractivity contribution is 0.404. The van der Waals surface area contributed by atoms with E-state index in [2.05, 4.69) is 45.4 Å². The van der Waals surface area contributed by atoms with Crippen molar-refractivity contribution in [2.24, 2.45) is 4.99 Å². The third kappa shape index (κ3) is 4.68. The zero-order valence-electron chi connectivity index (χ0n) is 19.9. The molecule has 2 heterocycles. The number of thiazole rings is 1. The Labute approximate surface area is 208 Å². The fourth-order valence-electron chi connectivity index (χ4n) is 4.20. The highest BCUT2D eigenvalue weighted by atomic mass is 32.1. The number of nitrogens with one attached hydrogen (secondary N) is 1. The zero-order chi connectivity index (χ0) is 24.2. The molecule has 0 saturated heterocycles. The number of methoxy groups -OCH3 is 3. The van der Waals surface area contributed by atoms with Gasteiger partial charge in [0.05, 0.1) is 32.7 Å². The van der Waals surface area contributed by atoms with Crippen LogP contribution < -0.4 is 19.0 Å². The molecule has 5 rings (SSSR count). The summed E-state index contributed by atoms with van der Waals surface area (Å²) in [4.78, 5) is 9.27. The minimum atomic E-state index is 0.760. The van der Waals surface area contributed by atoms with Crippen molar-refractivity contribution in [2.75, 3.05) is 21.3 Å². The van der Waals surface area contributed by atoms with Gasteiger partial charge in [0.15, 0.2) is 4.80 Å². The van der Waals surface area contributed by atoms with Crippen LogP contribution in [0.3, 0.4) is 0 Å². The van der Waals surface area contributed by atoms with E-state index in [1.165, 1.54) is 10.9 Å². The number of ether oxygens (including phenoxy) is 3. The molecule has 0 spiro atoms. The number of aromatic nitrogens is 2. The Balaban J connectivity index is 1.60. The molecule has 7 heteroatoms. The van der Waals surface area contributed by atoms with E-state index in [0.29, 0.717) is 0 Å². The molecule has 5 aromatic rings. The number of benzene rings is 3. The van der Waals surface area contributed by atoms with E-state index in [9.17, 15) is 0 Å². The van der Waals surface area contributed by atoms with Crippen LogP contribution in [0, 0.1) is 0 Å². The quantitative estimate of drug-likeness (QED) is 0.285. The highest BCUT2D eigenvalue weighted by Gasteiger charge is 2.15. The van der Waals surface area contributed by atoms with Crippen LogP contribution >= 0.6 is 11.3 Å². The molecule has 2 aromatic heterocycles. The smallest absolute Gasteiger partial charge is 0.190 e. The molecule has 0 fully saturated rings. The van der Waals surface area contributed by atoms with Crippen molar-refractivity contribution >= 4 is 27.9 Å². The first-order valence-electron chi connectivity index (χ1n) is 11.3. The molecular formula is C28H27N3O3S. The van der Waals surface area contributed by atoms with Gasteiger partial charge in [0.25, 0.3) is 0 Å². The molecule has 6 nitrogen and oxygen atoms in total. The van der Waals surface area contributed by atoms with Crippen LogP contribution in [0.1, 0.15) is 5.56 Å². The van der Waals surface area contributed by atoms with Crippen LogP contribution in [-0.2, 0) is 13.0 Å². The summed E-state index contributed by atoms with van der Waals surface area (Å²) < 4.78 is 18.8. The summed E-state index contributed by atoms with van der Waals surface area (Å²) in [5.41, 5.74) is 5.31. The summed E-state index contributed by atoms with van der Waals surface area (Å²) >= 11 is 1.61. The number of nitrogens with zero attached hydrogens (tertiary/aromatic N) is 2. The molecule has 0 bridgehead atoms. The van der Waals surface area contributed by atoms with Crippen LogP contribution in [0.2, 0.25) is 0 Å². The van der Waals surface area contributed by atoms with Gasteiger partial charge in [-0.05, 0) is 60.5 Å². The molecule has 0 aliphatic heterocycles. The third-order valence-corrected chi connectivity index (χ3v) is 6.92. The number of hydrogen-bond acceptors (Lipinski definition) is 5. The summed E-state index contributed by atoms with van der Waals surface area (Å²) in [5.74, 6) is 2.38. The largest absolute Gasteiger partial charge is 0.497 e. The normalized spacial score (nSPS) is 11.7. The van der Waals surface area contributed by atoms with Gasteiger partial charge in [0.2, 0.25) is 0 Å². The second-order valence-corrected chi connectivity index (χ2v) is 8.88. The first-order valence-corrected chi connectivity index (χ1v) is 12.2. The summed E-state index contributed by atoms with van der Waals surface area (Å²) in [6.45, 7) is 0.760. The second-order valence-electron chi connectivity index (χ2n) is 8.04. The van der Waals surface area contributed by atoms with Gasteiger partial charge in [-0.2, -0.15) is 0 Å². The van der Waals surface area contributed by atoms with Gasteiger partial charge < -0.3 is 23.8 Å². The molecule has 35 heavy (non-hydrogen) atoms. The molecule has 0 saturated carbocycles. The van der Waals surface area contributed by atoms with Gasteiger partial charge in [-0.1, -0.05) is 18.2 Å². The third-order valence-electron chi connectivity index (χ3n) is 6.06. The maximum absolute atomic E-state index is 5.70. The first-order chi connectivity index (χ1) is 17.2. The number of para-hydroxylation sites is 1. The molecule has 1 N–H and O–H groups in total. The van der Waals surface area contributed by atoms with Gasteiger partial charge in [0.1, 0.15) is 17.2 Å². The van der Waals surface area contributed by atoms with E-state index in [1.54, 1.807) is 32.7 Å². The average molecular weight is 486 g/mol. The second kappa shape index (κ2) is 10.1. The topological polar surface area (TPSA) is 60.8 Å². The molecule has 0 atom stereocenters. The molecule has 0 radical (unpaired) electrons. The number of aromatic amines is 1. The zero-order valence-corrected chi connectivity index (χ0v) is 20.8. The minimum absolute atomic E-state index is 0.760. The summed E-state index contributed by atoms with van der Waals surface area (Å²) in [5, 5.41) is 3.38. The Hall–Kier alpha value is -3.97. The van der Waals surface area contributed by atoms with Crippen LogP contribution in [0.4, 0.5) is 5.69 Å². The lowest BCUT2D eigenvalue weighted by Gasteiger charge is -2.13. The Morgan fingerprint density at radius 2 is 1.66 bits per heavy atom. The van der Waals surface area contributed by atoms with Crippen molar-refractivity contribution < 1.29 is 14.2 Å². The molecule has 178 valence electrons. The molecule has 3 aromatic carbocycles. The Kier molecular flexibility index (Phi) is 6.59. The van der Waals surface area contributed by atoms with Crippen molar-refractivity contribution in [3.8, 4) is 28.5 Å². The Bertz CT molecular complexity index is 1510. The van der Waals surface area contributed by atoms with Crippen LogP contribution in [0.5, 0.6) is 17.2 Å². The predicted octanol–water partition coefficient (Wildman–Crippen LogP) is 6.20. The number of H-pyrrole nitrogens is 1. The number of aryl methyl sites for hydroxylation is 1. The number of rotatable bonds is 8. The van der Waals surface area contributed by atoms with Gasteiger partial charge in [-0.25, -0.2) is 4.99 Å². The Morgan fingerprint density at radius 1 is 0.886 bits per heavy atom. The van der Waals surface area contributed by atoms with Gasteiger partial charge in [-0.15, -0.1) is 11.3 Å². The first kappa shape index (κ1) is 22.8. The molecule has 0 amide bonds. The number of hydrogen-bond donors (Lipinski definition) is 1.